The molecule has 3 heterocycles. The number of benzene rings is 1. The molecule has 7 nitrogen and oxygen atoms in total. The zero-order valence-electron chi connectivity index (χ0n) is 17.9. The molecular formula is C23H22ClN5O2S. The summed E-state index contributed by atoms with van der Waals surface area (Å²) in [6, 6.07) is 7.86. The summed E-state index contributed by atoms with van der Waals surface area (Å²) in [5.41, 5.74) is 3.41. The monoisotopic (exact) mass is 467 g/mol. The first kappa shape index (κ1) is 22.1. The number of ether oxygens (including phenoxy) is 1. The summed E-state index contributed by atoms with van der Waals surface area (Å²) in [7, 11) is 3.47. The van der Waals surface area contributed by atoms with Gasteiger partial charge in [-0.25, -0.2) is 9.97 Å². The molecule has 4 rings (SSSR count). The third kappa shape index (κ3) is 4.71. The number of imidazole rings is 1. The summed E-state index contributed by atoms with van der Waals surface area (Å²) in [5, 5.41) is 1.45. The number of carbonyl (C=O) groups is 1. The molecule has 0 atom stereocenters. The van der Waals surface area contributed by atoms with Crippen LogP contribution in [0.1, 0.15) is 11.3 Å². The molecule has 0 radical (unpaired) electrons. The molecule has 1 aromatic carbocycles. The SMILES string of the molecule is Cc1cc(-n2ccnc2)c2cccc(OCc3c(Cl)cncc3SCC(=O)N(C)C)c2n1. The lowest BCUT2D eigenvalue weighted by atomic mass is 10.1. The fourth-order valence-corrected chi connectivity index (χ4v) is 4.47. The van der Waals surface area contributed by atoms with Gasteiger partial charge in [-0.3, -0.25) is 9.78 Å². The number of carbonyl (C=O) groups excluding carboxylic acids is 1. The Bertz CT molecular complexity index is 1260. The summed E-state index contributed by atoms with van der Waals surface area (Å²) in [6.07, 6.45) is 8.70. The van der Waals surface area contributed by atoms with Gasteiger partial charge in [0.1, 0.15) is 17.9 Å². The van der Waals surface area contributed by atoms with Crippen molar-refractivity contribution >= 4 is 40.2 Å². The van der Waals surface area contributed by atoms with Crippen molar-refractivity contribution in [3.05, 3.63) is 71.7 Å². The normalized spacial score (nSPS) is 11.0. The van der Waals surface area contributed by atoms with Gasteiger partial charge in [-0.15, -0.1) is 11.8 Å². The topological polar surface area (TPSA) is 73.1 Å². The largest absolute Gasteiger partial charge is 0.487 e. The zero-order chi connectivity index (χ0) is 22.7. The number of pyridine rings is 2. The fraction of sp³-hybridized carbons (Fsp3) is 0.217. The van der Waals surface area contributed by atoms with Crippen LogP contribution in [0, 0.1) is 6.92 Å². The summed E-state index contributed by atoms with van der Waals surface area (Å²) >= 11 is 7.83. The van der Waals surface area contributed by atoms with Crippen molar-refractivity contribution in [2.75, 3.05) is 19.8 Å². The second-order valence-corrected chi connectivity index (χ2v) is 8.79. The predicted octanol–water partition coefficient (Wildman–Crippen LogP) is 4.54. The Morgan fingerprint density at radius 2 is 2.09 bits per heavy atom. The number of hydrogen-bond donors (Lipinski definition) is 0. The van der Waals surface area contributed by atoms with Gasteiger partial charge < -0.3 is 14.2 Å². The molecule has 9 heteroatoms. The number of thioether (sulfide) groups is 1. The van der Waals surface area contributed by atoms with Gasteiger partial charge in [-0.05, 0) is 19.1 Å². The quantitative estimate of drug-likeness (QED) is 0.371. The van der Waals surface area contributed by atoms with Crippen molar-refractivity contribution in [2.45, 2.75) is 18.4 Å². The maximum Gasteiger partial charge on any atom is 0.232 e. The molecule has 0 bridgehead atoms. The van der Waals surface area contributed by atoms with Crippen molar-refractivity contribution in [1.29, 1.82) is 0 Å². The van der Waals surface area contributed by atoms with Gasteiger partial charge in [0.2, 0.25) is 5.91 Å². The van der Waals surface area contributed by atoms with E-state index in [2.05, 4.69) is 9.97 Å². The lowest BCUT2D eigenvalue weighted by Crippen LogP contribution is -2.23. The number of halogens is 1. The van der Waals surface area contributed by atoms with Crippen LogP contribution in [0.4, 0.5) is 0 Å². The van der Waals surface area contributed by atoms with Crippen molar-refractivity contribution in [3.63, 3.8) is 0 Å². The van der Waals surface area contributed by atoms with Crippen LogP contribution in [-0.4, -0.2) is 50.2 Å². The molecule has 0 fully saturated rings. The Balaban J connectivity index is 1.64. The molecule has 32 heavy (non-hydrogen) atoms. The number of rotatable bonds is 7. The Labute approximate surface area is 195 Å². The highest BCUT2D eigenvalue weighted by molar-refractivity contribution is 8.00. The molecule has 0 spiro atoms. The van der Waals surface area contributed by atoms with Crippen molar-refractivity contribution in [1.82, 2.24) is 24.4 Å². The number of nitrogens with zero attached hydrogens (tertiary/aromatic N) is 5. The van der Waals surface area contributed by atoms with Crippen molar-refractivity contribution in [3.8, 4) is 11.4 Å². The zero-order valence-corrected chi connectivity index (χ0v) is 19.5. The first-order valence-corrected chi connectivity index (χ1v) is 11.3. The Morgan fingerprint density at radius 1 is 1.25 bits per heavy atom. The van der Waals surface area contributed by atoms with Crippen LogP contribution in [0.25, 0.3) is 16.6 Å². The number of aryl methyl sites for hydroxylation is 1. The molecule has 0 aliphatic carbocycles. The van der Waals surface area contributed by atoms with E-state index in [1.807, 2.05) is 42.0 Å². The lowest BCUT2D eigenvalue weighted by molar-refractivity contribution is -0.125. The van der Waals surface area contributed by atoms with Crippen LogP contribution in [0.5, 0.6) is 5.75 Å². The molecule has 0 saturated heterocycles. The maximum absolute atomic E-state index is 12.0. The molecule has 0 aliphatic heterocycles. The molecule has 0 N–H and O–H groups in total. The van der Waals surface area contributed by atoms with E-state index in [1.165, 1.54) is 11.8 Å². The minimum Gasteiger partial charge on any atom is -0.487 e. The minimum absolute atomic E-state index is 0.0163. The first-order chi connectivity index (χ1) is 15.4. The molecule has 164 valence electrons. The van der Waals surface area contributed by atoms with E-state index in [4.69, 9.17) is 21.3 Å². The summed E-state index contributed by atoms with van der Waals surface area (Å²) in [4.78, 5) is 27.4. The smallest absolute Gasteiger partial charge is 0.232 e. The third-order valence-corrected chi connectivity index (χ3v) is 6.26. The molecule has 0 saturated carbocycles. The molecule has 0 aliphatic rings. The van der Waals surface area contributed by atoms with Crippen LogP contribution in [0.3, 0.4) is 0 Å². The Hall–Kier alpha value is -3.10. The van der Waals surface area contributed by atoms with Gasteiger partial charge in [0.15, 0.2) is 0 Å². The van der Waals surface area contributed by atoms with E-state index in [9.17, 15) is 4.79 Å². The van der Waals surface area contributed by atoms with Crippen molar-refractivity contribution in [2.24, 2.45) is 0 Å². The van der Waals surface area contributed by atoms with Gasteiger partial charge in [0.05, 0.1) is 22.8 Å². The van der Waals surface area contributed by atoms with Gasteiger partial charge in [0.25, 0.3) is 0 Å². The Kier molecular flexibility index (Phi) is 6.62. The number of fused-ring (bicyclic) bond motifs is 1. The van der Waals surface area contributed by atoms with Crippen LogP contribution in [0.15, 0.2) is 60.3 Å². The Morgan fingerprint density at radius 3 is 2.84 bits per heavy atom. The van der Waals surface area contributed by atoms with Crippen LogP contribution in [-0.2, 0) is 11.4 Å². The summed E-state index contributed by atoms with van der Waals surface area (Å²) in [5.74, 6) is 0.967. The van der Waals surface area contributed by atoms with Gasteiger partial charge in [-0.2, -0.15) is 0 Å². The predicted molar refractivity (Wildman–Crippen MR) is 127 cm³/mol. The summed E-state index contributed by atoms with van der Waals surface area (Å²) < 4.78 is 8.16. The van der Waals surface area contributed by atoms with Crippen LogP contribution < -0.4 is 4.74 Å². The number of amides is 1. The molecular weight excluding hydrogens is 446 g/mol. The van der Waals surface area contributed by atoms with E-state index < -0.39 is 0 Å². The van der Waals surface area contributed by atoms with Gasteiger partial charge in [-0.1, -0.05) is 23.7 Å². The highest BCUT2D eigenvalue weighted by Crippen LogP contribution is 2.32. The highest BCUT2D eigenvalue weighted by Gasteiger charge is 2.15. The second kappa shape index (κ2) is 9.58. The fourth-order valence-electron chi connectivity index (χ4n) is 3.19. The highest BCUT2D eigenvalue weighted by atomic mass is 35.5. The molecule has 4 aromatic rings. The third-order valence-electron chi connectivity index (χ3n) is 4.88. The van der Waals surface area contributed by atoms with Gasteiger partial charge >= 0.3 is 0 Å². The second-order valence-electron chi connectivity index (χ2n) is 7.37. The molecule has 1 amide bonds. The van der Waals surface area contributed by atoms with Crippen LogP contribution >= 0.6 is 23.4 Å². The minimum atomic E-state index is 0.0163. The first-order valence-electron chi connectivity index (χ1n) is 9.91. The van der Waals surface area contributed by atoms with Gasteiger partial charge in [0, 0.05) is 60.4 Å². The van der Waals surface area contributed by atoms with Crippen LogP contribution in [0.2, 0.25) is 5.02 Å². The number of aromatic nitrogens is 4. The average molecular weight is 468 g/mol. The number of para-hydroxylation sites is 1. The lowest BCUT2D eigenvalue weighted by Gasteiger charge is -2.15. The van der Waals surface area contributed by atoms with Crippen molar-refractivity contribution < 1.29 is 9.53 Å². The van der Waals surface area contributed by atoms with E-state index >= 15 is 0 Å². The van der Waals surface area contributed by atoms with E-state index in [0.29, 0.717) is 16.5 Å². The standard InChI is InChI=1S/C23H22ClN5O2S/c1-15-9-19(29-8-7-25-14-29)16-5-4-6-20(23(16)27-15)31-12-17-18(24)10-26-11-21(17)32-13-22(30)28(2)3/h4-11,14H,12-13H2,1-3H3. The number of hydrogen-bond acceptors (Lipinski definition) is 6. The molecule has 3 aromatic heterocycles. The van der Waals surface area contributed by atoms with E-state index in [-0.39, 0.29) is 12.5 Å². The van der Waals surface area contributed by atoms with E-state index in [1.54, 1.807) is 43.9 Å². The summed E-state index contributed by atoms with van der Waals surface area (Å²) in [6.45, 7) is 2.18. The maximum atomic E-state index is 12.0. The molecule has 0 unspecified atom stereocenters. The average Bonchev–Trinajstić information content (AvgIpc) is 3.31. The van der Waals surface area contributed by atoms with E-state index in [0.717, 1.165) is 32.7 Å².